The van der Waals surface area contributed by atoms with E-state index in [0.29, 0.717) is 4.70 Å². The number of carbonyl (C=O) groups is 1. The van der Waals surface area contributed by atoms with E-state index in [1.165, 1.54) is 23.1 Å². The number of hydrogen-bond donors (Lipinski definition) is 1. The number of fused-ring (bicyclic) bond motifs is 1. The highest BCUT2D eigenvalue weighted by Gasteiger charge is 2.31. The number of nitrogens with zero attached hydrogens (tertiary/aromatic N) is 5. The van der Waals surface area contributed by atoms with Crippen molar-refractivity contribution in [2.45, 2.75) is 12.9 Å². The van der Waals surface area contributed by atoms with Crippen LogP contribution in [0.25, 0.3) is 10.2 Å². The van der Waals surface area contributed by atoms with Crippen molar-refractivity contribution < 1.29 is 22.7 Å². The zero-order valence-corrected chi connectivity index (χ0v) is 11.9. The molecule has 1 aromatic carbocycles. The van der Waals surface area contributed by atoms with Gasteiger partial charge in [0.2, 0.25) is 5.91 Å². The molecule has 0 saturated carbocycles. The Balaban J connectivity index is 1.73. The van der Waals surface area contributed by atoms with E-state index in [9.17, 15) is 18.0 Å². The molecule has 0 bridgehead atoms. The number of alkyl halides is 3. The van der Waals surface area contributed by atoms with Crippen molar-refractivity contribution in [3.63, 3.8) is 0 Å². The van der Waals surface area contributed by atoms with E-state index in [-0.39, 0.29) is 22.9 Å². The molecule has 0 radical (unpaired) electrons. The number of anilines is 1. The number of tetrazole rings is 1. The molecule has 120 valence electrons. The van der Waals surface area contributed by atoms with Gasteiger partial charge < -0.3 is 10.1 Å². The lowest BCUT2D eigenvalue weighted by atomic mass is 10.3. The Morgan fingerprint density at radius 2 is 2.22 bits per heavy atom. The van der Waals surface area contributed by atoms with Crippen LogP contribution in [-0.2, 0) is 11.3 Å². The van der Waals surface area contributed by atoms with Gasteiger partial charge in [0, 0.05) is 6.07 Å². The van der Waals surface area contributed by atoms with Crippen molar-refractivity contribution >= 4 is 32.6 Å². The smallest absolute Gasteiger partial charge is 0.406 e. The van der Waals surface area contributed by atoms with Gasteiger partial charge in [-0.05, 0) is 22.6 Å². The van der Waals surface area contributed by atoms with Crippen molar-refractivity contribution in [3.05, 3.63) is 24.5 Å². The van der Waals surface area contributed by atoms with Crippen molar-refractivity contribution in [2.75, 3.05) is 5.32 Å². The number of ether oxygens (including phenoxy) is 1. The van der Waals surface area contributed by atoms with Crippen LogP contribution in [-0.4, -0.2) is 37.5 Å². The van der Waals surface area contributed by atoms with Gasteiger partial charge in [-0.2, -0.15) is 0 Å². The number of rotatable bonds is 4. The first-order valence-corrected chi connectivity index (χ1v) is 6.88. The summed E-state index contributed by atoms with van der Waals surface area (Å²) in [7, 11) is 0. The lowest BCUT2D eigenvalue weighted by molar-refractivity contribution is -0.274. The van der Waals surface area contributed by atoms with Gasteiger partial charge in [0.1, 0.15) is 18.6 Å². The summed E-state index contributed by atoms with van der Waals surface area (Å²) in [5, 5.41) is 13.1. The molecule has 12 heteroatoms. The Kier molecular flexibility index (Phi) is 3.82. The van der Waals surface area contributed by atoms with E-state index in [4.69, 9.17) is 0 Å². The SMILES string of the molecule is O=C(Cn1cnnn1)Nc1nc2cc(OC(F)(F)F)ccc2s1. The highest BCUT2D eigenvalue weighted by Crippen LogP contribution is 2.31. The first kappa shape index (κ1) is 15.1. The second-order valence-corrected chi connectivity index (χ2v) is 5.28. The van der Waals surface area contributed by atoms with E-state index < -0.39 is 12.3 Å². The summed E-state index contributed by atoms with van der Waals surface area (Å²) in [5.74, 6) is -0.787. The number of carbonyl (C=O) groups excluding carboxylic acids is 1. The van der Waals surface area contributed by atoms with Crippen molar-refractivity contribution in [3.8, 4) is 5.75 Å². The summed E-state index contributed by atoms with van der Waals surface area (Å²) in [6, 6.07) is 3.77. The van der Waals surface area contributed by atoms with Gasteiger partial charge in [0.15, 0.2) is 5.13 Å². The van der Waals surface area contributed by atoms with Crippen LogP contribution >= 0.6 is 11.3 Å². The number of halogens is 3. The molecule has 3 aromatic rings. The summed E-state index contributed by atoms with van der Waals surface area (Å²) >= 11 is 1.12. The van der Waals surface area contributed by atoms with Crippen LogP contribution in [0.2, 0.25) is 0 Å². The molecule has 0 unspecified atom stereocenters. The maximum Gasteiger partial charge on any atom is 0.573 e. The van der Waals surface area contributed by atoms with Crippen LogP contribution in [0.3, 0.4) is 0 Å². The first-order valence-electron chi connectivity index (χ1n) is 6.06. The first-order chi connectivity index (χ1) is 10.9. The fraction of sp³-hybridized carbons (Fsp3) is 0.182. The second kappa shape index (κ2) is 5.79. The normalized spacial score (nSPS) is 11.6. The van der Waals surface area contributed by atoms with Crippen LogP contribution in [0.4, 0.5) is 18.3 Å². The summed E-state index contributed by atoms with van der Waals surface area (Å²) in [6.07, 6.45) is -3.49. The fourth-order valence-electron chi connectivity index (χ4n) is 1.72. The highest BCUT2D eigenvalue weighted by atomic mass is 32.1. The lowest BCUT2D eigenvalue weighted by Crippen LogP contribution is -2.19. The average Bonchev–Trinajstić information content (AvgIpc) is 3.05. The van der Waals surface area contributed by atoms with Gasteiger partial charge in [-0.25, -0.2) is 9.67 Å². The number of amides is 1. The number of hydrogen-bond acceptors (Lipinski definition) is 7. The predicted octanol–water partition coefficient (Wildman–Crippen LogP) is 1.82. The monoisotopic (exact) mass is 344 g/mol. The molecular weight excluding hydrogens is 337 g/mol. The Bertz CT molecular complexity index is 832. The predicted molar refractivity (Wildman–Crippen MR) is 72.7 cm³/mol. The van der Waals surface area contributed by atoms with Crippen LogP contribution in [0.15, 0.2) is 24.5 Å². The van der Waals surface area contributed by atoms with Crippen LogP contribution in [0.1, 0.15) is 0 Å². The average molecular weight is 344 g/mol. The molecule has 23 heavy (non-hydrogen) atoms. The topological polar surface area (TPSA) is 94.8 Å². The molecule has 0 aliphatic heterocycles. The number of benzene rings is 1. The zero-order chi connectivity index (χ0) is 16.4. The summed E-state index contributed by atoms with van der Waals surface area (Å²) in [6.45, 7) is -0.106. The molecule has 2 aromatic heterocycles. The largest absolute Gasteiger partial charge is 0.573 e. The number of nitrogens with one attached hydrogen (secondary N) is 1. The van der Waals surface area contributed by atoms with Crippen LogP contribution in [0, 0.1) is 0 Å². The molecule has 3 rings (SSSR count). The van der Waals surface area contributed by atoms with Crippen LogP contribution in [0.5, 0.6) is 5.75 Å². The third-order valence-electron chi connectivity index (χ3n) is 2.54. The Morgan fingerprint density at radius 1 is 1.39 bits per heavy atom. The van der Waals surface area contributed by atoms with Gasteiger partial charge in [-0.15, -0.1) is 18.3 Å². The Hall–Kier alpha value is -2.76. The fourth-order valence-corrected chi connectivity index (χ4v) is 2.58. The standard InChI is InChI=1S/C11H7F3N6O2S/c12-11(13,14)22-6-1-2-8-7(3-6)16-10(23-8)17-9(21)4-20-5-15-18-19-20/h1-3,5H,4H2,(H,16,17,21). The van der Waals surface area contributed by atoms with E-state index in [1.54, 1.807) is 0 Å². The van der Waals surface area contributed by atoms with Gasteiger partial charge in [0.05, 0.1) is 10.2 Å². The minimum Gasteiger partial charge on any atom is -0.406 e. The van der Waals surface area contributed by atoms with Crippen molar-refractivity contribution in [2.24, 2.45) is 0 Å². The molecule has 0 fully saturated rings. The van der Waals surface area contributed by atoms with E-state index in [0.717, 1.165) is 17.4 Å². The molecule has 0 aliphatic rings. The summed E-state index contributed by atoms with van der Waals surface area (Å²) < 4.78 is 42.2. The second-order valence-electron chi connectivity index (χ2n) is 4.25. The number of aromatic nitrogens is 5. The maximum absolute atomic E-state index is 12.2. The molecule has 0 aliphatic carbocycles. The van der Waals surface area contributed by atoms with Gasteiger partial charge >= 0.3 is 6.36 Å². The minimum atomic E-state index is -4.77. The quantitative estimate of drug-likeness (QED) is 0.776. The summed E-state index contributed by atoms with van der Waals surface area (Å²) in [4.78, 5) is 15.8. The molecule has 0 saturated heterocycles. The minimum absolute atomic E-state index is 0.106. The zero-order valence-electron chi connectivity index (χ0n) is 11.1. The van der Waals surface area contributed by atoms with Gasteiger partial charge in [0.25, 0.3) is 0 Å². The van der Waals surface area contributed by atoms with E-state index in [1.807, 2.05) is 0 Å². The maximum atomic E-state index is 12.2. The van der Waals surface area contributed by atoms with E-state index in [2.05, 4.69) is 30.6 Å². The molecule has 1 N–H and O–H groups in total. The third kappa shape index (κ3) is 3.91. The van der Waals surface area contributed by atoms with Crippen molar-refractivity contribution in [1.82, 2.24) is 25.2 Å². The van der Waals surface area contributed by atoms with Crippen molar-refractivity contribution in [1.29, 1.82) is 0 Å². The third-order valence-corrected chi connectivity index (χ3v) is 3.49. The molecule has 2 heterocycles. The summed E-state index contributed by atoms with van der Waals surface area (Å²) in [5.41, 5.74) is 0.287. The highest BCUT2D eigenvalue weighted by molar-refractivity contribution is 7.22. The molecule has 0 spiro atoms. The molecule has 1 amide bonds. The number of thiazole rings is 1. The molecule has 0 atom stereocenters. The Morgan fingerprint density at radius 3 is 2.91 bits per heavy atom. The van der Waals surface area contributed by atoms with E-state index >= 15 is 0 Å². The van der Waals surface area contributed by atoms with Gasteiger partial charge in [-0.3, -0.25) is 4.79 Å². The Labute approximate surface area is 129 Å². The molecule has 8 nitrogen and oxygen atoms in total. The van der Waals surface area contributed by atoms with Gasteiger partial charge in [-0.1, -0.05) is 11.3 Å². The van der Waals surface area contributed by atoms with Crippen LogP contribution < -0.4 is 10.1 Å². The molecular formula is C11H7F3N6O2S. The lowest BCUT2D eigenvalue weighted by Gasteiger charge is -2.07.